The van der Waals surface area contributed by atoms with Gasteiger partial charge in [-0.25, -0.2) is 18.7 Å². The van der Waals surface area contributed by atoms with Gasteiger partial charge in [-0.1, -0.05) is 0 Å². The van der Waals surface area contributed by atoms with Crippen LogP contribution >= 0.6 is 0 Å². The lowest BCUT2D eigenvalue weighted by molar-refractivity contribution is -0.00177. The minimum absolute atomic E-state index is 0.00313. The standard InChI is InChI=1S/C22H25F2N7O3/c1-21(2,34)17(23)10-28-20(33)15-9-26-18(5-16(15)29-11-22(3,24)12-32)31-19-14(8-30-31)4-13(6-25)7-27-19/h4-5,7-9,17,32,34H,10-12H2,1-3H3,(H,26,29)(H,28,33)/t17-,22?/m1/s1. The number of aliphatic hydroxyl groups is 2. The number of rotatable bonds is 9. The maximum atomic E-state index is 14.3. The molecule has 2 atom stereocenters. The second kappa shape index (κ2) is 9.66. The first-order valence-electron chi connectivity index (χ1n) is 10.4. The summed E-state index contributed by atoms with van der Waals surface area (Å²) < 4.78 is 29.8. The van der Waals surface area contributed by atoms with Crippen LogP contribution in [0.1, 0.15) is 36.7 Å². The third-order valence-corrected chi connectivity index (χ3v) is 5.07. The smallest absolute Gasteiger partial charge is 0.255 e. The van der Waals surface area contributed by atoms with Crippen LogP contribution in [0.4, 0.5) is 14.5 Å². The molecule has 0 aromatic carbocycles. The number of aromatic nitrogens is 4. The van der Waals surface area contributed by atoms with E-state index in [9.17, 15) is 23.8 Å². The van der Waals surface area contributed by atoms with E-state index in [1.54, 1.807) is 6.07 Å². The van der Waals surface area contributed by atoms with E-state index in [1.807, 2.05) is 6.07 Å². The van der Waals surface area contributed by atoms with Gasteiger partial charge < -0.3 is 20.8 Å². The van der Waals surface area contributed by atoms with E-state index in [1.165, 1.54) is 50.1 Å². The number of alkyl halides is 2. The average molecular weight is 473 g/mol. The lowest BCUT2D eigenvalue weighted by Crippen LogP contribution is -2.42. The minimum Gasteiger partial charge on any atom is -0.393 e. The zero-order valence-corrected chi connectivity index (χ0v) is 18.9. The number of nitriles is 1. The lowest BCUT2D eigenvalue weighted by atomic mass is 10.0. The molecular formula is C22H25F2N7O3. The number of aliphatic hydroxyl groups excluding tert-OH is 1. The molecule has 0 bridgehead atoms. The second-order valence-electron chi connectivity index (χ2n) is 8.65. The molecule has 3 aromatic rings. The van der Waals surface area contributed by atoms with Crippen molar-refractivity contribution in [1.29, 1.82) is 5.26 Å². The van der Waals surface area contributed by atoms with E-state index in [0.717, 1.165) is 0 Å². The van der Waals surface area contributed by atoms with Crippen LogP contribution in [-0.2, 0) is 0 Å². The van der Waals surface area contributed by atoms with Gasteiger partial charge in [0.1, 0.15) is 17.9 Å². The molecule has 0 aliphatic rings. The van der Waals surface area contributed by atoms with Crippen molar-refractivity contribution in [2.24, 2.45) is 0 Å². The molecule has 3 heterocycles. The fraction of sp³-hybridized carbons (Fsp3) is 0.409. The number of pyridine rings is 2. The third-order valence-electron chi connectivity index (χ3n) is 5.07. The molecule has 1 unspecified atom stereocenters. The van der Waals surface area contributed by atoms with Crippen molar-refractivity contribution in [3.63, 3.8) is 0 Å². The SMILES string of the molecule is CC(F)(CO)CNc1cc(-n2ncc3cc(C#N)cnc32)ncc1C(=O)NC[C@@H](F)C(C)(C)O. The number of carbonyl (C=O) groups is 1. The normalized spacial score (nSPS) is 14.3. The first-order valence-corrected chi connectivity index (χ1v) is 10.4. The summed E-state index contributed by atoms with van der Waals surface area (Å²) in [4.78, 5) is 21.2. The van der Waals surface area contributed by atoms with Crippen molar-refractivity contribution in [3.05, 3.63) is 41.9 Å². The van der Waals surface area contributed by atoms with Crippen LogP contribution < -0.4 is 10.6 Å². The average Bonchev–Trinajstić information content (AvgIpc) is 3.23. The summed E-state index contributed by atoms with van der Waals surface area (Å²) in [5, 5.41) is 38.0. The van der Waals surface area contributed by atoms with Gasteiger partial charge >= 0.3 is 0 Å². The Labute approximate surface area is 194 Å². The molecule has 0 saturated heterocycles. The summed E-state index contributed by atoms with van der Waals surface area (Å²) in [6.45, 7) is 2.24. The van der Waals surface area contributed by atoms with Gasteiger partial charge in [-0.3, -0.25) is 4.79 Å². The van der Waals surface area contributed by atoms with Gasteiger partial charge in [-0.05, 0) is 26.8 Å². The van der Waals surface area contributed by atoms with E-state index in [0.29, 0.717) is 16.6 Å². The summed E-state index contributed by atoms with van der Waals surface area (Å²) in [5.74, 6) is -0.448. The molecule has 0 aliphatic heterocycles. The quantitative estimate of drug-likeness (QED) is 0.367. The van der Waals surface area contributed by atoms with Crippen LogP contribution in [0.3, 0.4) is 0 Å². The summed E-state index contributed by atoms with van der Waals surface area (Å²) >= 11 is 0. The fourth-order valence-corrected chi connectivity index (χ4v) is 2.90. The summed E-state index contributed by atoms with van der Waals surface area (Å²) in [5.41, 5.74) is -2.70. The molecule has 10 nitrogen and oxygen atoms in total. The molecule has 0 radical (unpaired) electrons. The first kappa shape index (κ1) is 24.9. The molecule has 3 aromatic heterocycles. The number of hydrogen-bond donors (Lipinski definition) is 4. The van der Waals surface area contributed by atoms with Crippen LogP contribution in [0.15, 0.2) is 30.7 Å². The molecule has 34 heavy (non-hydrogen) atoms. The summed E-state index contributed by atoms with van der Waals surface area (Å²) in [7, 11) is 0. The number of nitrogens with one attached hydrogen (secondary N) is 2. The molecule has 0 spiro atoms. The monoisotopic (exact) mass is 473 g/mol. The second-order valence-corrected chi connectivity index (χ2v) is 8.65. The summed E-state index contributed by atoms with van der Waals surface area (Å²) in [6, 6.07) is 5.05. The van der Waals surface area contributed by atoms with Gasteiger partial charge in [0, 0.05) is 23.8 Å². The van der Waals surface area contributed by atoms with Crippen molar-refractivity contribution in [1.82, 2.24) is 25.1 Å². The fourth-order valence-electron chi connectivity index (χ4n) is 2.90. The van der Waals surface area contributed by atoms with E-state index < -0.39 is 36.5 Å². The van der Waals surface area contributed by atoms with E-state index in [2.05, 4.69) is 25.7 Å². The number of carbonyl (C=O) groups excluding carboxylic acids is 1. The van der Waals surface area contributed by atoms with Crippen molar-refractivity contribution >= 4 is 22.6 Å². The Bertz CT molecular complexity index is 1230. The molecule has 0 saturated carbocycles. The predicted octanol–water partition coefficient (Wildman–Crippen LogP) is 1.66. The number of fused-ring (bicyclic) bond motifs is 1. The third kappa shape index (κ3) is 5.62. The maximum absolute atomic E-state index is 14.3. The van der Waals surface area contributed by atoms with Crippen molar-refractivity contribution in [2.75, 3.05) is 25.0 Å². The van der Waals surface area contributed by atoms with Gasteiger partial charge in [0.25, 0.3) is 5.91 Å². The lowest BCUT2D eigenvalue weighted by Gasteiger charge is -2.23. The Kier molecular flexibility index (Phi) is 7.09. The first-order chi connectivity index (χ1) is 15.9. The maximum Gasteiger partial charge on any atom is 0.255 e. The highest BCUT2D eigenvalue weighted by Gasteiger charge is 2.28. The number of nitrogens with zero attached hydrogens (tertiary/aromatic N) is 5. The Hall–Kier alpha value is -3.69. The molecule has 12 heteroatoms. The van der Waals surface area contributed by atoms with E-state index in [-0.39, 0.29) is 23.6 Å². The topological polar surface area (TPSA) is 149 Å². The van der Waals surface area contributed by atoms with Crippen molar-refractivity contribution < 1.29 is 23.8 Å². The van der Waals surface area contributed by atoms with Crippen LogP contribution in [0, 0.1) is 11.3 Å². The van der Waals surface area contributed by atoms with Gasteiger partial charge in [-0.15, -0.1) is 0 Å². The van der Waals surface area contributed by atoms with Gasteiger partial charge in [0.05, 0.1) is 48.3 Å². The molecule has 180 valence electrons. The van der Waals surface area contributed by atoms with Gasteiger partial charge in [0.15, 0.2) is 11.5 Å². The van der Waals surface area contributed by atoms with Crippen LogP contribution in [0.2, 0.25) is 0 Å². The Balaban J connectivity index is 1.95. The van der Waals surface area contributed by atoms with Crippen LogP contribution in [0.25, 0.3) is 16.9 Å². The molecule has 4 N–H and O–H groups in total. The molecular weight excluding hydrogens is 448 g/mol. The molecule has 1 amide bonds. The number of hydrogen-bond acceptors (Lipinski definition) is 8. The molecule has 0 aliphatic carbocycles. The largest absolute Gasteiger partial charge is 0.393 e. The molecule has 3 rings (SSSR count). The Morgan fingerprint density at radius 2 is 2.00 bits per heavy atom. The van der Waals surface area contributed by atoms with E-state index >= 15 is 0 Å². The van der Waals surface area contributed by atoms with Crippen molar-refractivity contribution in [2.45, 2.75) is 38.2 Å². The Morgan fingerprint density at radius 1 is 1.26 bits per heavy atom. The van der Waals surface area contributed by atoms with Crippen LogP contribution in [0.5, 0.6) is 0 Å². The van der Waals surface area contributed by atoms with E-state index in [4.69, 9.17) is 5.26 Å². The van der Waals surface area contributed by atoms with Crippen molar-refractivity contribution in [3.8, 4) is 11.9 Å². The highest BCUT2D eigenvalue weighted by atomic mass is 19.1. The number of amides is 1. The molecule has 0 fully saturated rings. The minimum atomic E-state index is -1.98. The number of halogens is 2. The summed E-state index contributed by atoms with van der Waals surface area (Å²) in [6.07, 6.45) is 2.38. The number of anilines is 1. The highest BCUT2D eigenvalue weighted by Crippen LogP contribution is 2.23. The van der Waals surface area contributed by atoms with Gasteiger partial charge in [-0.2, -0.15) is 15.0 Å². The zero-order valence-electron chi connectivity index (χ0n) is 18.9. The Morgan fingerprint density at radius 3 is 2.65 bits per heavy atom. The van der Waals surface area contributed by atoms with Gasteiger partial charge in [0.2, 0.25) is 0 Å². The zero-order chi connectivity index (χ0) is 25.1. The van der Waals surface area contributed by atoms with Crippen LogP contribution in [-0.4, -0.2) is 73.0 Å². The highest BCUT2D eigenvalue weighted by molar-refractivity contribution is 5.99. The predicted molar refractivity (Wildman–Crippen MR) is 120 cm³/mol.